The SMILES string of the molecule is CCCCOP(=O)(OCCCC)O/C(C)=C(\C)OP(=O)(OCC)OCC. The summed E-state index contributed by atoms with van der Waals surface area (Å²) in [5.74, 6) is 0.245. The fourth-order valence-corrected chi connectivity index (χ4v) is 4.23. The van der Waals surface area contributed by atoms with Crippen LogP contribution >= 0.6 is 15.6 Å². The first-order valence-corrected chi connectivity index (χ1v) is 12.0. The van der Waals surface area contributed by atoms with E-state index in [1.165, 1.54) is 13.8 Å². The van der Waals surface area contributed by atoms with Gasteiger partial charge in [0.1, 0.15) is 11.5 Å². The van der Waals surface area contributed by atoms with E-state index in [1.807, 2.05) is 13.8 Å². The molecule has 0 aliphatic carbocycles. The minimum Gasteiger partial charge on any atom is -0.405 e. The fraction of sp³-hybridized carbons (Fsp3) is 0.875. The fourth-order valence-electron chi connectivity index (χ4n) is 1.60. The number of phosphoric acid groups is 2. The van der Waals surface area contributed by atoms with Crippen LogP contribution < -0.4 is 0 Å². The van der Waals surface area contributed by atoms with Gasteiger partial charge in [0.2, 0.25) is 0 Å². The Kier molecular flexibility index (Phi) is 13.6. The van der Waals surface area contributed by atoms with Crippen LogP contribution in [0.25, 0.3) is 0 Å². The van der Waals surface area contributed by atoms with Gasteiger partial charge in [-0.3, -0.25) is 18.1 Å². The lowest BCUT2D eigenvalue weighted by molar-refractivity contribution is 0.120. The Morgan fingerprint density at radius 2 is 1.00 bits per heavy atom. The summed E-state index contributed by atoms with van der Waals surface area (Å²) >= 11 is 0. The van der Waals surface area contributed by atoms with Gasteiger partial charge in [0.15, 0.2) is 0 Å². The smallest absolute Gasteiger partial charge is 0.405 e. The van der Waals surface area contributed by atoms with Crippen LogP contribution in [0.5, 0.6) is 0 Å². The molecule has 0 unspecified atom stereocenters. The second-order valence-electron chi connectivity index (χ2n) is 5.40. The van der Waals surface area contributed by atoms with Gasteiger partial charge in [-0.2, -0.15) is 0 Å². The molecule has 0 fully saturated rings. The number of hydrogen-bond donors (Lipinski definition) is 0. The maximum absolute atomic E-state index is 12.8. The maximum atomic E-state index is 12.8. The average molecular weight is 416 g/mol. The van der Waals surface area contributed by atoms with E-state index in [9.17, 15) is 9.13 Å². The van der Waals surface area contributed by atoms with E-state index in [0.717, 1.165) is 25.7 Å². The third-order valence-corrected chi connectivity index (χ3v) is 6.20. The van der Waals surface area contributed by atoms with Gasteiger partial charge in [0, 0.05) is 0 Å². The Bertz CT molecular complexity index is 482. The molecular formula is C16H34O8P2. The van der Waals surface area contributed by atoms with E-state index in [2.05, 4.69) is 0 Å². The van der Waals surface area contributed by atoms with E-state index in [1.54, 1.807) is 13.8 Å². The summed E-state index contributed by atoms with van der Waals surface area (Å²) in [7, 11) is -7.55. The van der Waals surface area contributed by atoms with Crippen molar-refractivity contribution in [2.24, 2.45) is 0 Å². The van der Waals surface area contributed by atoms with E-state index in [-0.39, 0.29) is 37.9 Å². The molecule has 0 spiro atoms. The molecule has 0 aliphatic rings. The molecule has 156 valence electrons. The number of rotatable bonds is 16. The van der Waals surface area contributed by atoms with Gasteiger partial charge < -0.3 is 9.05 Å². The highest BCUT2D eigenvalue weighted by molar-refractivity contribution is 7.49. The van der Waals surface area contributed by atoms with Crippen molar-refractivity contribution < 1.29 is 36.3 Å². The summed E-state index contributed by atoms with van der Waals surface area (Å²) in [5, 5.41) is 0. The van der Waals surface area contributed by atoms with Crippen molar-refractivity contribution >= 4 is 15.6 Å². The van der Waals surface area contributed by atoms with E-state index >= 15 is 0 Å². The van der Waals surface area contributed by atoms with Gasteiger partial charge in [0.05, 0.1) is 26.4 Å². The molecule has 0 aromatic heterocycles. The molecule has 8 nitrogen and oxygen atoms in total. The molecule has 0 N–H and O–H groups in total. The Labute approximate surface area is 157 Å². The van der Waals surface area contributed by atoms with Gasteiger partial charge in [0.25, 0.3) is 0 Å². The van der Waals surface area contributed by atoms with E-state index in [0.29, 0.717) is 0 Å². The third kappa shape index (κ3) is 10.7. The number of phosphoric ester groups is 2. The molecule has 0 heterocycles. The zero-order valence-corrected chi connectivity index (χ0v) is 18.6. The van der Waals surface area contributed by atoms with Gasteiger partial charge in [-0.1, -0.05) is 26.7 Å². The van der Waals surface area contributed by atoms with Gasteiger partial charge in [-0.25, -0.2) is 9.13 Å². The summed E-state index contributed by atoms with van der Waals surface area (Å²) in [6, 6.07) is 0. The molecule has 10 heteroatoms. The molecule has 0 bridgehead atoms. The van der Waals surface area contributed by atoms with Crippen molar-refractivity contribution in [3.05, 3.63) is 11.5 Å². The molecule has 0 aliphatic heterocycles. The van der Waals surface area contributed by atoms with Crippen LogP contribution in [-0.2, 0) is 36.3 Å². The summed E-state index contributed by atoms with van der Waals surface area (Å²) in [6.45, 7) is 11.2. The molecular weight excluding hydrogens is 382 g/mol. The zero-order valence-electron chi connectivity index (χ0n) is 16.8. The lowest BCUT2D eigenvalue weighted by Crippen LogP contribution is -2.05. The van der Waals surface area contributed by atoms with Crippen molar-refractivity contribution in [3.63, 3.8) is 0 Å². The van der Waals surface area contributed by atoms with Crippen LogP contribution in [-0.4, -0.2) is 26.4 Å². The highest BCUT2D eigenvalue weighted by Crippen LogP contribution is 2.54. The van der Waals surface area contributed by atoms with E-state index in [4.69, 9.17) is 27.1 Å². The third-order valence-electron chi connectivity index (χ3n) is 3.06. The first-order valence-electron chi connectivity index (χ1n) is 9.10. The molecule has 0 amide bonds. The highest BCUT2D eigenvalue weighted by atomic mass is 31.2. The predicted molar refractivity (Wildman–Crippen MR) is 101 cm³/mol. The average Bonchev–Trinajstić information content (AvgIpc) is 2.55. The molecule has 0 rings (SSSR count). The molecule has 0 aromatic rings. The van der Waals surface area contributed by atoms with Crippen molar-refractivity contribution in [1.82, 2.24) is 0 Å². The van der Waals surface area contributed by atoms with Crippen molar-refractivity contribution in [1.29, 1.82) is 0 Å². The van der Waals surface area contributed by atoms with Gasteiger partial charge in [-0.05, 0) is 40.5 Å². The Morgan fingerprint density at radius 3 is 1.31 bits per heavy atom. The molecule has 26 heavy (non-hydrogen) atoms. The summed E-state index contributed by atoms with van der Waals surface area (Å²) in [4.78, 5) is 0. The molecule has 0 saturated carbocycles. The van der Waals surface area contributed by atoms with Crippen LogP contribution in [0.3, 0.4) is 0 Å². The summed E-state index contributed by atoms with van der Waals surface area (Å²) < 4.78 is 56.8. The second kappa shape index (κ2) is 13.8. The number of unbranched alkanes of at least 4 members (excludes halogenated alkanes) is 2. The largest absolute Gasteiger partial charge is 0.529 e. The summed E-state index contributed by atoms with van der Waals surface area (Å²) in [5.41, 5.74) is 0. The van der Waals surface area contributed by atoms with Crippen LogP contribution in [0.1, 0.15) is 67.2 Å². The quantitative estimate of drug-likeness (QED) is 0.167. The Hall–Kier alpha value is -0.360. The maximum Gasteiger partial charge on any atom is 0.529 e. The number of allylic oxidation sites excluding steroid dienone is 2. The predicted octanol–water partition coefficient (Wildman–Crippen LogP) is 6.19. The minimum absolute atomic E-state index is 0.119. The normalized spacial score (nSPS) is 13.5. The standard InChI is InChI=1S/C16H34O8P2/c1-7-11-13-21-26(18,22-14-12-8-2)24-16(6)15(5)23-25(17,19-9-3)20-10-4/h7-14H2,1-6H3/b16-15+. The number of hydrogen-bond acceptors (Lipinski definition) is 8. The monoisotopic (exact) mass is 416 g/mol. The Balaban J connectivity index is 5.15. The van der Waals surface area contributed by atoms with Crippen molar-refractivity contribution in [3.8, 4) is 0 Å². The Morgan fingerprint density at radius 1 is 0.654 bits per heavy atom. The highest BCUT2D eigenvalue weighted by Gasteiger charge is 2.32. The lowest BCUT2D eigenvalue weighted by Gasteiger charge is -2.22. The molecule has 0 aromatic carbocycles. The first-order chi connectivity index (χ1) is 12.3. The van der Waals surface area contributed by atoms with Crippen molar-refractivity contribution in [2.45, 2.75) is 67.2 Å². The second-order valence-corrected chi connectivity index (χ2v) is 8.59. The molecule has 0 radical (unpaired) electrons. The summed E-state index contributed by atoms with van der Waals surface area (Å²) in [6.07, 6.45) is 3.23. The molecule has 0 atom stereocenters. The zero-order chi connectivity index (χ0) is 20.1. The van der Waals surface area contributed by atoms with Crippen molar-refractivity contribution in [2.75, 3.05) is 26.4 Å². The van der Waals surface area contributed by atoms with Gasteiger partial charge >= 0.3 is 15.6 Å². The van der Waals surface area contributed by atoms with Gasteiger partial charge in [-0.15, -0.1) is 0 Å². The topological polar surface area (TPSA) is 89.5 Å². The van der Waals surface area contributed by atoms with Crippen LogP contribution in [0.15, 0.2) is 11.5 Å². The van der Waals surface area contributed by atoms with Crippen LogP contribution in [0.2, 0.25) is 0 Å². The van der Waals surface area contributed by atoms with E-state index < -0.39 is 15.6 Å². The first kappa shape index (κ1) is 25.6. The van der Waals surface area contributed by atoms with Crippen LogP contribution in [0.4, 0.5) is 0 Å². The minimum atomic E-state index is -3.79. The van der Waals surface area contributed by atoms with Crippen LogP contribution in [0, 0.1) is 0 Å². The molecule has 0 saturated heterocycles. The lowest BCUT2D eigenvalue weighted by atomic mass is 10.4.